The lowest BCUT2D eigenvalue weighted by atomic mass is 9.98. The van der Waals surface area contributed by atoms with Crippen LogP contribution in [0.4, 0.5) is 0 Å². The summed E-state index contributed by atoms with van der Waals surface area (Å²) >= 11 is 0. The highest BCUT2D eigenvalue weighted by Gasteiger charge is 2.51. The van der Waals surface area contributed by atoms with Gasteiger partial charge in [0.1, 0.15) is 6.10 Å². The molecule has 5 nitrogen and oxygen atoms in total. The van der Waals surface area contributed by atoms with E-state index in [1.165, 1.54) is 7.11 Å². The average Bonchev–Trinajstić information content (AvgIpc) is 2.53. The van der Waals surface area contributed by atoms with Crippen LogP contribution in [0.5, 0.6) is 0 Å². The summed E-state index contributed by atoms with van der Waals surface area (Å²) in [6.07, 6.45) is -0.0909. The Morgan fingerprint density at radius 3 is 2.56 bits per heavy atom. The van der Waals surface area contributed by atoms with Crippen molar-refractivity contribution in [2.45, 2.75) is 51.2 Å². The number of aliphatic imine (C=N–C) groups is 1. The van der Waals surface area contributed by atoms with Gasteiger partial charge in [0.2, 0.25) is 0 Å². The molecule has 0 spiro atoms. The van der Waals surface area contributed by atoms with E-state index in [1.54, 1.807) is 6.92 Å². The van der Waals surface area contributed by atoms with Gasteiger partial charge in [-0.15, -0.1) is 0 Å². The van der Waals surface area contributed by atoms with Crippen LogP contribution in [0.3, 0.4) is 0 Å². The third-order valence-corrected chi connectivity index (χ3v) is 4.45. The molecule has 1 aliphatic heterocycles. The van der Waals surface area contributed by atoms with Gasteiger partial charge in [-0.05, 0) is 19.9 Å². The van der Waals surface area contributed by atoms with Crippen LogP contribution < -0.4 is 0 Å². The molecule has 0 N–H and O–H groups in total. The van der Waals surface area contributed by atoms with Gasteiger partial charge in [-0.1, -0.05) is 19.6 Å². The van der Waals surface area contributed by atoms with Crippen LogP contribution >= 0.6 is 0 Å². The van der Waals surface area contributed by atoms with E-state index in [0.717, 1.165) is 6.04 Å². The monoisotopic (exact) mass is 273 g/mol. The Hall–Kier alpha value is -1.04. The predicted octanol–water partition coefficient (Wildman–Crippen LogP) is 2.05. The molecule has 18 heavy (non-hydrogen) atoms. The van der Waals surface area contributed by atoms with Crippen LogP contribution in [-0.2, 0) is 19.0 Å². The summed E-state index contributed by atoms with van der Waals surface area (Å²) in [5, 5.41) is 0. The third kappa shape index (κ3) is 3.25. The van der Waals surface area contributed by atoms with Crippen molar-refractivity contribution in [3.05, 3.63) is 0 Å². The lowest BCUT2D eigenvalue weighted by molar-refractivity contribution is -0.148. The maximum Gasteiger partial charge on any atom is 0.385 e. The number of ether oxygens (including phenoxy) is 3. The number of hydrogen-bond donors (Lipinski definition) is 0. The van der Waals surface area contributed by atoms with Gasteiger partial charge in [-0.25, -0.2) is 4.79 Å². The molecule has 2 unspecified atom stereocenters. The molecule has 0 saturated heterocycles. The molecule has 2 atom stereocenters. The first-order chi connectivity index (χ1) is 8.23. The summed E-state index contributed by atoms with van der Waals surface area (Å²) in [7, 11) is -0.0155. The second-order valence-electron chi connectivity index (χ2n) is 5.82. The minimum Gasteiger partial charge on any atom is -0.467 e. The molecular weight excluding hydrogens is 250 g/mol. The summed E-state index contributed by atoms with van der Waals surface area (Å²) in [4.78, 5) is 16.2. The van der Waals surface area contributed by atoms with Crippen molar-refractivity contribution < 1.29 is 19.0 Å². The summed E-state index contributed by atoms with van der Waals surface area (Å²) in [6.45, 7) is 10.8. The lowest BCUT2D eigenvalue weighted by Crippen LogP contribution is -2.46. The van der Waals surface area contributed by atoms with Crippen molar-refractivity contribution in [3.8, 4) is 0 Å². The van der Waals surface area contributed by atoms with E-state index in [9.17, 15) is 4.79 Å². The standard InChI is InChI=1S/C12H23NO4Si/c1-7-16-11-13-12(2,10(14)15-3)9(17-11)8-18(4,5)6/h9H,7-8H2,1-6H3. The molecule has 1 heterocycles. The molecule has 6 heteroatoms. The highest BCUT2D eigenvalue weighted by molar-refractivity contribution is 6.76. The molecule has 0 bridgehead atoms. The van der Waals surface area contributed by atoms with E-state index in [-0.39, 0.29) is 18.2 Å². The van der Waals surface area contributed by atoms with E-state index < -0.39 is 13.6 Å². The highest BCUT2D eigenvalue weighted by atomic mass is 28.3. The van der Waals surface area contributed by atoms with Crippen molar-refractivity contribution in [1.29, 1.82) is 0 Å². The SMILES string of the molecule is CCOC1=NC(C)(C(=O)OC)C(C[Si](C)(C)C)O1. The van der Waals surface area contributed by atoms with Gasteiger partial charge in [0.05, 0.1) is 13.7 Å². The van der Waals surface area contributed by atoms with E-state index in [0.29, 0.717) is 6.61 Å². The quantitative estimate of drug-likeness (QED) is 0.581. The normalized spacial score (nSPS) is 27.4. The van der Waals surface area contributed by atoms with Crippen LogP contribution in [0.15, 0.2) is 4.99 Å². The average molecular weight is 273 g/mol. The molecule has 0 aromatic rings. The van der Waals surface area contributed by atoms with Crippen molar-refractivity contribution in [3.63, 3.8) is 0 Å². The molecule has 0 radical (unpaired) electrons. The molecular formula is C12H23NO4Si. The first-order valence-corrected chi connectivity index (χ1v) is 9.91. The zero-order valence-electron chi connectivity index (χ0n) is 12.1. The van der Waals surface area contributed by atoms with Crippen LogP contribution in [0.1, 0.15) is 13.8 Å². The Morgan fingerprint density at radius 2 is 2.11 bits per heavy atom. The van der Waals surface area contributed by atoms with E-state index in [2.05, 4.69) is 24.6 Å². The smallest absolute Gasteiger partial charge is 0.385 e. The maximum absolute atomic E-state index is 11.9. The van der Waals surface area contributed by atoms with Gasteiger partial charge < -0.3 is 14.2 Å². The number of hydrogen-bond acceptors (Lipinski definition) is 5. The summed E-state index contributed by atoms with van der Waals surface area (Å²) < 4.78 is 15.8. The van der Waals surface area contributed by atoms with Crippen molar-refractivity contribution in [1.82, 2.24) is 0 Å². The molecule has 0 aromatic carbocycles. The summed E-state index contributed by atoms with van der Waals surface area (Å²) in [5.74, 6) is -0.375. The topological polar surface area (TPSA) is 57.1 Å². The third-order valence-electron chi connectivity index (χ3n) is 2.86. The van der Waals surface area contributed by atoms with E-state index in [4.69, 9.17) is 14.2 Å². The molecule has 0 aliphatic carbocycles. The molecule has 0 saturated carbocycles. The number of rotatable bonds is 4. The Kier molecular flexibility index (Phi) is 4.42. The van der Waals surface area contributed by atoms with E-state index >= 15 is 0 Å². The minimum absolute atomic E-state index is 0.202. The number of carbonyl (C=O) groups is 1. The fraction of sp³-hybridized carbons (Fsp3) is 0.833. The van der Waals surface area contributed by atoms with Crippen molar-refractivity contribution in [2.75, 3.05) is 13.7 Å². The fourth-order valence-corrected chi connectivity index (χ4v) is 3.49. The number of nitrogens with zero attached hydrogens (tertiary/aromatic N) is 1. The fourth-order valence-electron chi connectivity index (χ4n) is 1.89. The van der Waals surface area contributed by atoms with Gasteiger partial charge in [-0.3, -0.25) is 0 Å². The van der Waals surface area contributed by atoms with Crippen LogP contribution in [0, 0.1) is 0 Å². The Labute approximate surface area is 110 Å². The molecule has 1 rings (SSSR count). The molecule has 0 fully saturated rings. The zero-order valence-corrected chi connectivity index (χ0v) is 13.1. The Morgan fingerprint density at radius 1 is 1.50 bits per heavy atom. The van der Waals surface area contributed by atoms with Gasteiger partial charge in [0.15, 0.2) is 5.54 Å². The lowest BCUT2D eigenvalue weighted by Gasteiger charge is -2.28. The summed E-state index contributed by atoms with van der Waals surface area (Å²) in [5.41, 5.74) is -0.987. The molecule has 0 aromatic heterocycles. The second kappa shape index (κ2) is 5.30. The largest absolute Gasteiger partial charge is 0.467 e. The Balaban J connectivity index is 2.94. The predicted molar refractivity (Wildman–Crippen MR) is 72.5 cm³/mol. The summed E-state index contributed by atoms with van der Waals surface area (Å²) in [6, 6.07) is 0.832. The van der Waals surface area contributed by atoms with Crippen molar-refractivity contribution >= 4 is 20.1 Å². The second-order valence-corrected chi connectivity index (χ2v) is 11.4. The van der Waals surface area contributed by atoms with Gasteiger partial charge in [-0.2, -0.15) is 4.99 Å². The van der Waals surface area contributed by atoms with Gasteiger partial charge in [0.25, 0.3) is 0 Å². The minimum atomic E-state index is -1.38. The Bertz CT molecular complexity index is 350. The first-order valence-electron chi connectivity index (χ1n) is 6.20. The first kappa shape index (κ1) is 15.0. The van der Waals surface area contributed by atoms with Gasteiger partial charge >= 0.3 is 12.1 Å². The number of carbonyl (C=O) groups excluding carboxylic acids is 1. The van der Waals surface area contributed by atoms with Crippen LogP contribution in [-0.4, -0.2) is 45.5 Å². The molecule has 104 valence electrons. The highest BCUT2D eigenvalue weighted by Crippen LogP contribution is 2.33. The van der Waals surface area contributed by atoms with Gasteiger partial charge in [0, 0.05) is 8.07 Å². The van der Waals surface area contributed by atoms with Crippen LogP contribution in [0.25, 0.3) is 0 Å². The molecule has 1 aliphatic rings. The van der Waals surface area contributed by atoms with Crippen molar-refractivity contribution in [2.24, 2.45) is 4.99 Å². The van der Waals surface area contributed by atoms with E-state index in [1.807, 2.05) is 6.92 Å². The maximum atomic E-state index is 11.9. The molecule has 0 amide bonds. The van der Waals surface area contributed by atoms with Crippen LogP contribution in [0.2, 0.25) is 25.7 Å². The number of esters is 1. The number of methoxy groups -OCH3 is 1. The zero-order chi connectivity index (χ0) is 14.0.